The molecule has 0 unspecified atom stereocenters. The zero-order valence-corrected chi connectivity index (χ0v) is 17.6. The second-order valence-corrected chi connectivity index (χ2v) is 6.33. The van der Waals surface area contributed by atoms with Gasteiger partial charge in [-0.1, -0.05) is 12.1 Å². The molecule has 0 aliphatic carbocycles. The molecule has 0 fully saturated rings. The second kappa shape index (κ2) is 10.2. The number of methoxy groups -OCH3 is 4. The van der Waals surface area contributed by atoms with Gasteiger partial charge < -0.3 is 29.6 Å². The van der Waals surface area contributed by atoms with Gasteiger partial charge in [0.05, 0.1) is 28.4 Å². The van der Waals surface area contributed by atoms with Gasteiger partial charge in [-0.15, -0.1) is 0 Å². The molecule has 0 saturated heterocycles. The Kier molecular flexibility index (Phi) is 7.15. The molecule has 0 amide bonds. The quantitative estimate of drug-likeness (QED) is 0.520. The van der Waals surface area contributed by atoms with Crippen molar-refractivity contribution in [3.63, 3.8) is 0 Å². The van der Waals surface area contributed by atoms with E-state index in [4.69, 9.17) is 18.9 Å². The third-order valence-corrected chi connectivity index (χ3v) is 4.46. The molecule has 2 aromatic carbocycles. The molecule has 8 heteroatoms. The number of nitrogens with zero attached hydrogens (tertiary/aromatic N) is 2. The number of hydrogen-bond donors (Lipinski definition) is 2. The minimum absolute atomic E-state index is 0.457. The zero-order chi connectivity index (χ0) is 21.3. The second-order valence-electron chi connectivity index (χ2n) is 6.33. The van der Waals surface area contributed by atoms with Crippen LogP contribution in [0.25, 0.3) is 0 Å². The van der Waals surface area contributed by atoms with Gasteiger partial charge in [0.15, 0.2) is 11.5 Å². The molecular weight excluding hydrogens is 384 g/mol. The fourth-order valence-electron chi connectivity index (χ4n) is 2.93. The molecule has 3 rings (SSSR count). The van der Waals surface area contributed by atoms with Crippen LogP contribution < -0.4 is 29.6 Å². The Bertz CT molecular complexity index is 939. The largest absolute Gasteiger partial charge is 0.497 e. The van der Waals surface area contributed by atoms with Crippen molar-refractivity contribution in [3.05, 3.63) is 54.2 Å². The van der Waals surface area contributed by atoms with E-state index in [-0.39, 0.29) is 0 Å². The predicted octanol–water partition coefficient (Wildman–Crippen LogP) is 3.91. The van der Waals surface area contributed by atoms with Crippen LogP contribution in [0.2, 0.25) is 0 Å². The van der Waals surface area contributed by atoms with Crippen LogP contribution >= 0.6 is 0 Å². The highest BCUT2D eigenvalue weighted by Gasteiger charge is 2.13. The van der Waals surface area contributed by atoms with Gasteiger partial charge >= 0.3 is 0 Å². The minimum Gasteiger partial charge on any atom is -0.497 e. The highest BCUT2D eigenvalue weighted by molar-refractivity contribution is 5.66. The fourth-order valence-corrected chi connectivity index (χ4v) is 2.93. The highest BCUT2D eigenvalue weighted by atomic mass is 16.5. The molecule has 30 heavy (non-hydrogen) atoms. The van der Waals surface area contributed by atoms with Crippen molar-refractivity contribution in [1.82, 2.24) is 9.97 Å². The molecule has 158 valence electrons. The topological polar surface area (TPSA) is 86.8 Å². The number of benzene rings is 2. The normalized spacial score (nSPS) is 10.3. The minimum atomic E-state index is 0.457. The van der Waals surface area contributed by atoms with E-state index in [1.54, 1.807) is 46.8 Å². The average molecular weight is 410 g/mol. The van der Waals surface area contributed by atoms with Gasteiger partial charge in [0.2, 0.25) is 11.7 Å². The Hall–Kier alpha value is -3.68. The molecule has 8 nitrogen and oxygen atoms in total. The van der Waals surface area contributed by atoms with Crippen LogP contribution in [0.15, 0.2) is 48.7 Å². The van der Waals surface area contributed by atoms with Crippen LogP contribution in [-0.2, 0) is 6.42 Å². The Morgan fingerprint density at radius 2 is 1.53 bits per heavy atom. The lowest BCUT2D eigenvalue weighted by Crippen LogP contribution is -2.08. The first-order valence-electron chi connectivity index (χ1n) is 9.43. The van der Waals surface area contributed by atoms with Gasteiger partial charge in [-0.05, 0) is 30.2 Å². The summed E-state index contributed by atoms with van der Waals surface area (Å²) in [5, 5.41) is 6.49. The highest BCUT2D eigenvalue weighted by Crippen LogP contribution is 2.40. The van der Waals surface area contributed by atoms with E-state index in [2.05, 4.69) is 32.7 Å². The van der Waals surface area contributed by atoms with Crippen LogP contribution in [0, 0.1) is 0 Å². The molecule has 0 atom stereocenters. The lowest BCUT2D eigenvalue weighted by molar-refractivity contribution is 0.324. The standard InChI is InChI=1S/C22H26N4O4/c1-27-17-7-5-15(6-8-17)9-11-23-20-10-12-24-22(26-20)25-16-13-18(28-2)21(30-4)19(14-16)29-3/h5-8,10,12-14H,9,11H2,1-4H3,(H2,23,24,25,26). The molecular formula is C22H26N4O4. The van der Waals surface area contributed by atoms with Crippen molar-refractivity contribution in [3.8, 4) is 23.0 Å². The summed E-state index contributed by atoms with van der Waals surface area (Å²) in [5.41, 5.74) is 1.94. The van der Waals surface area contributed by atoms with E-state index in [1.165, 1.54) is 5.56 Å². The van der Waals surface area contributed by atoms with E-state index >= 15 is 0 Å². The van der Waals surface area contributed by atoms with Crippen molar-refractivity contribution >= 4 is 17.5 Å². The Labute approximate surface area is 176 Å². The van der Waals surface area contributed by atoms with Crippen molar-refractivity contribution < 1.29 is 18.9 Å². The van der Waals surface area contributed by atoms with E-state index in [9.17, 15) is 0 Å². The molecule has 0 aliphatic heterocycles. The first kappa shape index (κ1) is 21.0. The van der Waals surface area contributed by atoms with Gasteiger partial charge in [0.1, 0.15) is 11.6 Å². The summed E-state index contributed by atoms with van der Waals surface area (Å²) >= 11 is 0. The molecule has 0 aliphatic rings. The molecule has 0 spiro atoms. The lowest BCUT2D eigenvalue weighted by atomic mass is 10.1. The van der Waals surface area contributed by atoms with Crippen LogP contribution in [0.4, 0.5) is 17.5 Å². The van der Waals surface area contributed by atoms with Crippen molar-refractivity contribution in [2.24, 2.45) is 0 Å². The number of anilines is 3. The number of rotatable bonds is 10. The third kappa shape index (κ3) is 5.22. The predicted molar refractivity (Wildman–Crippen MR) is 117 cm³/mol. The number of ether oxygens (including phenoxy) is 4. The zero-order valence-electron chi connectivity index (χ0n) is 17.6. The summed E-state index contributed by atoms with van der Waals surface area (Å²) in [7, 11) is 6.38. The SMILES string of the molecule is COc1ccc(CCNc2ccnc(Nc3cc(OC)c(OC)c(OC)c3)n2)cc1. The van der Waals surface area contributed by atoms with Gasteiger partial charge in [-0.2, -0.15) is 4.98 Å². The van der Waals surface area contributed by atoms with E-state index in [0.717, 1.165) is 30.2 Å². The van der Waals surface area contributed by atoms with Gasteiger partial charge in [0.25, 0.3) is 0 Å². The number of aromatic nitrogens is 2. The van der Waals surface area contributed by atoms with Gasteiger partial charge in [-0.25, -0.2) is 4.98 Å². The molecule has 0 bridgehead atoms. The first-order chi connectivity index (χ1) is 14.7. The summed E-state index contributed by atoms with van der Waals surface area (Å²) in [4.78, 5) is 8.80. The Morgan fingerprint density at radius 3 is 2.13 bits per heavy atom. The van der Waals surface area contributed by atoms with Crippen molar-refractivity contribution in [2.45, 2.75) is 6.42 Å². The molecule has 0 radical (unpaired) electrons. The summed E-state index contributed by atoms with van der Waals surface area (Å²) in [6.45, 7) is 0.743. The fraction of sp³-hybridized carbons (Fsp3) is 0.273. The summed E-state index contributed by atoms with van der Waals surface area (Å²) < 4.78 is 21.3. The molecule has 2 N–H and O–H groups in total. The molecule has 0 saturated carbocycles. The van der Waals surface area contributed by atoms with Gasteiger partial charge in [0, 0.05) is 30.6 Å². The van der Waals surface area contributed by atoms with E-state index in [0.29, 0.717) is 23.2 Å². The number of hydrogen-bond acceptors (Lipinski definition) is 8. The molecule has 3 aromatic rings. The maximum atomic E-state index is 5.38. The summed E-state index contributed by atoms with van der Waals surface area (Å²) in [5.74, 6) is 3.67. The van der Waals surface area contributed by atoms with Crippen LogP contribution in [0.3, 0.4) is 0 Å². The van der Waals surface area contributed by atoms with Crippen LogP contribution in [0.1, 0.15) is 5.56 Å². The van der Waals surface area contributed by atoms with Gasteiger partial charge in [-0.3, -0.25) is 0 Å². The monoisotopic (exact) mass is 410 g/mol. The maximum absolute atomic E-state index is 5.38. The Balaban J connectivity index is 1.65. The lowest BCUT2D eigenvalue weighted by Gasteiger charge is -2.15. The molecule has 1 heterocycles. The first-order valence-corrected chi connectivity index (χ1v) is 9.43. The summed E-state index contributed by atoms with van der Waals surface area (Å²) in [6, 6.07) is 13.5. The third-order valence-electron chi connectivity index (χ3n) is 4.46. The van der Waals surface area contributed by atoms with Crippen LogP contribution in [-0.4, -0.2) is 45.0 Å². The van der Waals surface area contributed by atoms with Crippen molar-refractivity contribution in [2.75, 3.05) is 45.6 Å². The van der Waals surface area contributed by atoms with E-state index < -0.39 is 0 Å². The van der Waals surface area contributed by atoms with E-state index in [1.807, 2.05) is 18.2 Å². The number of nitrogens with one attached hydrogen (secondary N) is 2. The van der Waals surface area contributed by atoms with Crippen LogP contribution in [0.5, 0.6) is 23.0 Å². The Morgan fingerprint density at radius 1 is 0.833 bits per heavy atom. The smallest absolute Gasteiger partial charge is 0.229 e. The molecule has 1 aromatic heterocycles. The summed E-state index contributed by atoms with van der Waals surface area (Å²) in [6.07, 6.45) is 2.56. The van der Waals surface area contributed by atoms with Crippen molar-refractivity contribution in [1.29, 1.82) is 0 Å². The maximum Gasteiger partial charge on any atom is 0.229 e. The average Bonchev–Trinajstić information content (AvgIpc) is 2.79.